The zero-order chi connectivity index (χ0) is 27.3. The minimum absolute atomic E-state index is 0.117. The Labute approximate surface area is 230 Å². The Kier molecular flexibility index (Phi) is 9.63. The summed E-state index contributed by atoms with van der Waals surface area (Å²) in [5, 5.41) is 0. The molecule has 38 heavy (non-hydrogen) atoms. The van der Waals surface area contributed by atoms with E-state index in [-0.39, 0.29) is 11.8 Å². The van der Waals surface area contributed by atoms with E-state index < -0.39 is 37.2 Å². The van der Waals surface area contributed by atoms with Crippen molar-refractivity contribution in [2.24, 2.45) is 11.3 Å². The zero-order valence-corrected chi connectivity index (χ0v) is 24.4. The van der Waals surface area contributed by atoms with Gasteiger partial charge in [0.2, 0.25) is 0 Å². The van der Waals surface area contributed by atoms with Crippen molar-refractivity contribution in [1.82, 2.24) is 4.90 Å². The predicted molar refractivity (Wildman–Crippen MR) is 153 cm³/mol. The summed E-state index contributed by atoms with van der Waals surface area (Å²) < 4.78 is 62.5. The maximum absolute atomic E-state index is 14.9. The van der Waals surface area contributed by atoms with Gasteiger partial charge < -0.3 is 4.90 Å². The van der Waals surface area contributed by atoms with Crippen LogP contribution >= 0.6 is 19.8 Å². The van der Waals surface area contributed by atoms with E-state index in [1.54, 1.807) is 41.3 Å². The molecule has 8 heteroatoms. The summed E-state index contributed by atoms with van der Waals surface area (Å²) in [6, 6.07) is 11.9. The molecule has 1 atom stereocenters. The molecule has 1 aliphatic heterocycles. The Balaban J connectivity index is 1.25. The molecule has 3 nitrogen and oxygen atoms in total. The van der Waals surface area contributed by atoms with E-state index in [0.29, 0.717) is 52.7 Å². The van der Waals surface area contributed by atoms with Crippen LogP contribution in [0.2, 0.25) is 0 Å². The van der Waals surface area contributed by atoms with E-state index in [1.165, 1.54) is 6.07 Å². The summed E-state index contributed by atoms with van der Waals surface area (Å²) in [4.78, 5) is 16.5. The third-order valence-corrected chi connectivity index (χ3v) is 13.1. The fourth-order valence-electron chi connectivity index (χ4n) is 5.19. The molecule has 1 amide bonds. The number of hydrogen-bond acceptors (Lipinski definition) is 2. The monoisotopic (exact) mass is 647 g/mol. The molecule has 2 aliphatic rings. The fraction of sp³-hybridized carbons (Fsp3) is 0.567. The number of alkyl halides is 6. The summed E-state index contributed by atoms with van der Waals surface area (Å²) in [6.45, 7) is 4.02. The molecule has 2 fully saturated rings. The van der Waals surface area contributed by atoms with Crippen molar-refractivity contribution in [3.63, 3.8) is 0 Å². The van der Waals surface area contributed by atoms with Crippen molar-refractivity contribution in [2.45, 2.75) is 58.0 Å². The van der Waals surface area contributed by atoms with Crippen LogP contribution in [0, 0.1) is 17.2 Å². The Bertz CT molecular complexity index is 1080. The van der Waals surface area contributed by atoms with Gasteiger partial charge in [-0.2, -0.15) is 0 Å². The van der Waals surface area contributed by atoms with Crippen LogP contribution in [0.4, 0.5) is 17.6 Å². The summed E-state index contributed by atoms with van der Waals surface area (Å²) in [7, 11) is 0. The molecule has 0 spiro atoms. The van der Waals surface area contributed by atoms with Gasteiger partial charge in [0.05, 0.1) is 0 Å². The van der Waals surface area contributed by atoms with Gasteiger partial charge in [0.1, 0.15) is 0 Å². The number of carbonyl (C=O) groups is 1. The van der Waals surface area contributed by atoms with Crippen LogP contribution < -0.4 is 4.74 Å². The van der Waals surface area contributed by atoms with Crippen LogP contribution in [-0.2, 0) is 0 Å². The molecule has 1 aliphatic carbocycles. The SMILES string of the molecule is CC(CCI(C)CC1(C(F)(F)F)CCC1)COc1ccc(-c2ccc(C(=O)N3CCCCC3)cc2F)cc1. The van der Waals surface area contributed by atoms with E-state index in [0.717, 1.165) is 43.2 Å². The number of likely N-dealkylation sites (tertiary alicyclic amines) is 1. The topological polar surface area (TPSA) is 29.5 Å². The molecule has 210 valence electrons. The van der Waals surface area contributed by atoms with Crippen molar-refractivity contribution >= 4 is 25.7 Å². The normalized spacial score (nSPS) is 18.5. The van der Waals surface area contributed by atoms with Crippen molar-refractivity contribution in [2.75, 3.05) is 33.5 Å². The summed E-state index contributed by atoms with van der Waals surface area (Å²) >= 11 is -1.64. The molecule has 1 heterocycles. The second kappa shape index (κ2) is 12.6. The first kappa shape index (κ1) is 29.2. The standard InChI is InChI=1S/C30H38F4INO2/c1-22(13-16-35(2)21-29(14-6-15-29)30(32,33)34)20-38-25-10-7-23(8-11-25)26-12-9-24(19-27(26)31)28(37)36-17-4-3-5-18-36/h7-12,19,22H,3-6,13-18,20-21H2,1-2H3. The van der Waals surface area contributed by atoms with Crippen molar-refractivity contribution in [3.05, 3.63) is 53.8 Å². The molecule has 0 N–H and O–H groups in total. The van der Waals surface area contributed by atoms with E-state index >= 15 is 0 Å². The third kappa shape index (κ3) is 7.02. The number of carbonyl (C=O) groups excluding carboxylic acids is 1. The molecule has 0 bridgehead atoms. The fourth-order valence-corrected chi connectivity index (χ4v) is 11.4. The Morgan fingerprint density at radius 3 is 2.32 bits per heavy atom. The Morgan fingerprint density at radius 1 is 1.05 bits per heavy atom. The molecule has 1 saturated heterocycles. The number of ether oxygens (including phenoxy) is 1. The van der Waals surface area contributed by atoms with Gasteiger partial charge in [0.15, 0.2) is 0 Å². The number of amides is 1. The van der Waals surface area contributed by atoms with Crippen LogP contribution in [0.25, 0.3) is 11.1 Å². The minimum atomic E-state index is -4.06. The Hall–Kier alpha value is -1.84. The van der Waals surface area contributed by atoms with Crippen LogP contribution in [0.15, 0.2) is 42.5 Å². The molecule has 0 aromatic heterocycles. The summed E-state index contributed by atoms with van der Waals surface area (Å²) in [5.74, 6) is 0.381. The van der Waals surface area contributed by atoms with E-state index in [9.17, 15) is 22.4 Å². The number of rotatable bonds is 10. The quantitative estimate of drug-likeness (QED) is 0.147. The van der Waals surface area contributed by atoms with E-state index in [1.807, 2.05) is 0 Å². The molecular weight excluding hydrogens is 609 g/mol. The van der Waals surface area contributed by atoms with Gasteiger partial charge in [0, 0.05) is 18.7 Å². The number of piperidine rings is 1. The average Bonchev–Trinajstić information content (AvgIpc) is 2.88. The number of halogens is 5. The van der Waals surface area contributed by atoms with Gasteiger partial charge in [0.25, 0.3) is 5.91 Å². The summed E-state index contributed by atoms with van der Waals surface area (Å²) in [6.07, 6.45) is 1.22. The molecule has 1 saturated carbocycles. The predicted octanol–water partition coefficient (Wildman–Crippen LogP) is 8.39. The number of hydrogen-bond donors (Lipinski definition) is 0. The first-order valence-corrected chi connectivity index (χ1v) is 18.7. The van der Waals surface area contributed by atoms with Gasteiger partial charge in [-0.05, 0) is 19.3 Å². The van der Waals surface area contributed by atoms with E-state index in [2.05, 4.69) is 11.9 Å². The second-order valence-electron chi connectivity index (χ2n) is 11.0. The zero-order valence-electron chi connectivity index (χ0n) is 22.3. The molecule has 1 unspecified atom stereocenters. The van der Waals surface area contributed by atoms with Gasteiger partial charge in [-0.25, -0.2) is 0 Å². The van der Waals surface area contributed by atoms with Crippen molar-refractivity contribution < 1.29 is 27.1 Å². The van der Waals surface area contributed by atoms with E-state index in [4.69, 9.17) is 4.74 Å². The number of nitrogens with zero attached hydrogens (tertiary/aromatic N) is 1. The Morgan fingerprint density at radius 2 is 1.74 bits per heavy atom. The third-order valence-electron chi connectivity index (χ3n) is 7.88. The van der Waals surface area contributed by atoms with Gasteiger partial charge in [-0.3, -0.25) is 4.79 Å². The van der Waals surface area contributed by atoms with Crippen molar-refractivity contribution in [1.29, 1.82) is 0 Å². The molecule has 4 rings (SSSR count). The molecule has 0 radical (unpaired) electrons. The van der Waals surface area contributed by atoms with Crippen LogP contribution in [0.5, 0.6) is 5.75 Å². The first-order valence-electron chi connectivity index (χ1n) is 13.5. The number of benzene rings is 2. The molecule has 2 aromatic rings. The van der Waals surface area contributed by atoms with Crippen LogP contribution in [0.1, 0.15) is 62.2 Å². The van der Waals surface area contributed by atoms with Crippen molar-refractivity contribution in [3.8, 4) is 16.9 Å². The van der Waals surface area contributed by atoms with Crippen LogP contribution in [-0.4, -0.2) is 50.5 Å². The molecule has 2 aromatic carbocycles. The van der Waals surface area contributed by atoms with Gasteiger partial charge >= 0.3 is 178 Å². The average molecular weight is 648 g/mol. The first-order chi connectivity index (χ1) is 18.1. The summed E-state index contributed by atoms with van der Waals surface area (Å²) in [5.41, 5.74) is 0.121. The maximum atomic E-state index is 14.9. The van der Waals surface area contributed by atoms with Gasteiger partial charge in [-0.15, -0.1) is 0 Å². The second-order valence-corrected chi connectivity index (χ2v) is 16.9. The van der Waals surface area contributed by atoms with Crippen LogP contribution in [0.3, 0.4) is 0 Å². The molecular formula is C30H38F4INO2. The van der Waals surface area contributed by atoms with Gasteiger partial charge in [-0.1, -0.05) is 0 Å².